The van der Waals surface area contributed by atoms with Gasteiger partial charge in [-0.05, 0) is 36.1 Å². The van der Waals surface area contributed by atoms with E-state index >= 15 is 0 Å². The second kappa shape index (κ2) is 5.24. The molecule has 1 aliphatic heterocycles. The fourth-order valence-electron chi connectivity index (χ4n) is 2.43. The van der Waals surface area contributed by atoms with Crippen molar-refractivity contribution in [2.75, 3.05) is 13.2 Å². The van der Waals surface area contributed by atoms with Gasteiger partial charge in [0, 0.05) is 19.1 Å². The van der Waals surface area contributed by atoms with Crippen LogP contribution in [0.25, 0.3) is 0 Å². The van der Waals surface area contributed by atoms with Crippen molar-refractivity contribution in [1.82, 2.24) is 20.2 Å². The van der Waals surface area contributed by atoms with Gasteiger partial charge in [-0.25, -0.2) is 9.48 Å². The van der Waals surface area contributed by atoms with Gasteiger partial charge >= 0.3 is 5.97 Å². The Labute approximate surface area is 111 Å². The Bertz CT molecular complexity index is 462. The van der Waals surface area contributed by atoms with Crippen LogP contribution >= 0.6 is 0 Å². The average Bonchev–Trinajstić information content (AvgIpc) is 2.87. The lowest BCUT2D eigenvalue weighted by molar-refractivity contribution is -0.147. The normalized spacial score (nSPS) is 26.9. The van der Waals surface area contributed by atoms with Crippen molar-refractivity contribution in [2.45, 2.75) is 45.1 Å². The first-order valence-corrected chi connectivity index (χ1v) is 6.60. The molecule has 0 bridgehead atoms. The molecular weight excluding hydrogens is 248 g/mol. The van der Waals surface area contributed by atoms with Gasteiger partial charge in [0.25, 0.3) is 0 Å². The Morgan fingerprint density at radius 2 is 2.37 bits per heavy atom. The molecule has 3 atom stereocenters. The van der Waals surface area contributed by atoms with Crippen LogP contribution in [0.5, 0.6) is 0 Å². The Morgan fingerprint density at radius 1 is 1.63 bits per heavy atom. The second-order valence-electron chi connectivity index (χ2n) is 5.33. The minimum atomic E-state index is -1.10. The number of carbonyl (C=O) groups is 1. The van der Waals surface area contributed by atoms with Gasteiger partial charge in [0.1, 0.15) is 0 Å². The van der Waals surface area contributed by atoms with Crippen molar-refractivity contribution in [2.24, 2.45) is 5.92 Å². The minimum Gasteiger partial charge on any atom is -0.479 e. The van der Waals surface area contributed by atoms with E-state index in [2.05, 4.69) is 22.4 Å². The lowest BCUT2D eigenvalue weighted by Gasteiger charge is -2.31. The van der Waals surface area contributed by atoms with Crippen molar-refractivity contribution < 1.29 is 14.6 Å². The van der Waals surface area contributed by atoms with Crippen LogP contribution in [0.3, 0.4) is 0 Å². The zero-order valence-corrected chi connectivity index (χ0v) is 11.5. The fraction of sp³-hybridized carbons (Fsp3) is 0.833. The van der Waals surface area contributed by atoms with E-state index in [0.717, 1.165) is 6.42 Å². The van der Waals surface area contributed by atoms with E-state index in [0.29, 0.717) is 25.5 Å². The number of nitrogens with zero attached hydrogens (tertiary/aromatic N) is 4. The summed E-state index contributed by atoms with van der Waals surface area (Å²) < 4.78 is 6.89. The van der Waals surface area contributed by atoms with Crippen LogP contribution in [-0.2, 0) is 15.1 Å². The van der Waals surface area contributed by atoms with Gasteiger partial charge in [-0.2, -0.15) is 0 Å². The van der Waals surface area contributed by atoms with E-state index in [1.54, 1.807) is 6.92 Å². The van der Waals surface area contributed by atoms with Gasteiger partial charge in [0.15, 0.2) is 11.4 Å². The molecule has 1 fully saturated rings. The maximum Gasteiger partial charge on any atom is 0.331 e. The number of hydrogen-bond donors (Lipinski definition) is 1. The summed E-state index contributed by atoms with van der Waals surface area (Å²) in [5.41, 5.74) is -1.10. The van der Waals surface area contributed by atoms with E-state index in [1.807, 2.05) is 6.92 Å². The molecule has 1 saturated heterocycles. The molecule has 7 heteroatoms. The SMILES string of the molecule is CCC(C)(C(=O)O)n1nnnc1C1CCOCC1C. The summed E-state index contributed by atoms with van der Waals surface area (Å²) in [7, 11) is 0. The number of aliphatic carboxylic acids is 1. The molecule has 0 aliphatic carbocycles. The van der Waals surface area contributed by atoms with Crippen LogP contribution in [0.4, 0.5) is 0 Å². The van der Waals surface area contributed by atoms with Crippen LogP contribution in [0.1, 0.15) is 45.4 Å². The standard InChI is InChI=1S/C12H20N4O3/c1-4-12(3,11(17)18)16-10(13-14-15-16)9-5-6-19-7-8(9)2/h8-9H,4-7H2,1-3H3,(H,17,18). The lowest BCUT2D eigenvalue weighted by atomic mass is 9.88. The van der Waals surface area contributed by atoms with Crippen molar-refractivity contribution in [3.63, 3.8) is 0 Å². The Morgan fingerprint density at radius 3 is 2.95 bits per heavy atom. The molecule has 3 unspecified atom stereocenters. The first-order valence-electron chi connectivity index (χ1n) is 6.60. The molecule has 0 spiro atoms. The molecule has 0 amide bonds. The number of rotatable bonds is 4. The summed E-state index contributed by atoms with van der Waals surface area (Å²) in [4.78, 5) is 11.5. The summed E-state index contributed by atoms with van der Waals surface area (Å²) in [6, 6.07) is 0. The van der Waals surface area contributed by atoms with Gasteiger partial charge in [0.2, 0.25) is 0 Å². The van der Waals surface area contributed by atoms with Gasteiger partial charge in [-0.3, -0.25) is 0 Å². The molecule has 1 aromatic heterocycles. The molecule has 106 valence electrons. The number of carboxylic acid groups (broad SMARTS) is 1. The number of carboxylic acids is 1. The molecule has 0 saturated carbocycles. The second-order valence-corrected chi connectivity index (χ2v) is 5.33. The zero-order chi connectivity index (χ0) is 14.0. The highest BCUT2D eigenvalue weighted by molar-refractivity contribution is 5.76. The van der Waals surface area contributed by atoms with Crippen LogP contribution < -0.4 is 0 Å². The maximum absolute atomic E-state index is 11.5. The van der Waals surface area contributed by atoms with Crippen molar-refractivity contribution >= 4 is 5.97 Å². The summed E-state index contributed by atoms with van der Waals surface area (Å²) in [5.74, 6) is 0.174. The highest BCUT2D eigenvalue weighted by atomic mass is 16.5. The topological polar surface area (TPSA) is 90.1 Å². The van der Waals surface area contributed by atoms with Gasteiger partial charge < -0.3 is 9.84 Å². The summed E-state index contributed by atoms with van der Waals surface area (Å²) in [6.45, 7) is 6.88. The number of tetrazole rings is 1. The lowest BCUT2D eigenvalue weighted by Crippen LogP contribution is -2.41. The third-order valence-corrected chi connectivity index (χ3v) is 4.08. The van der Waals surface area contributed by atoms with Gasteiger partial charge in [-0.15, -0.1) is 5.10 Å². The monoisotopic (exact) mass is 268 g/mol. The molecule has 7 nitrogen and oxygen atoms in total. The predicted molar refractivity (Wildman–Crippen MR) is 66.7 cm³/mol. The quantitative estimate of drug-likeness (QED) is 0.877. The van der Waals surface area contributed by atoms with Crippen LogP contribution in [0.15, 0.2) is 0 Å². The van der Waals surface area contributed by atoms with E-state index in [-0.39, 0.29) is 11.8 Å². The highest BCUT2D eigenvalue weighted by Gasteiger charge is 2.40. The van der Waals surface area contributed by atoms with E-state index in [1.165, 1.54) is 4.68 Å². The van der Waals surface area contributed by atoms with Crippen LogP contribution in [0.2, 0.25) is 0 Å². The Hall–Kier alpha value is -1.50. The summed E-state index contributed by atoms with van der Waals surface area (Å²) in [5, 5.41) is 21.1. The number of hydrogen-bond acceptors (Lipinski definition) is 5. The predicted octanol–water partition coefficient (Wildman–Crippen LogP) is 1.02. The largest absolute Gasteiger partial charge is 0.479 e. The average molecular weight is 268 g/mol. The first kappa shape index (κ1) is 13.9. The van der Waals surface area contributed by atoms with E-state index in [4.69, 9.17) is 4.74 Å². The van der Waals surface area contributed by atoms with Gasteiger partial charge in [0.05, 0.1) is 0 Å². The maximum atomic E-state index is 11.5. The van der Waals surface area contributed by atoms with Crippen LogP contribution in [0, 0.1) is 5.92 Å². The fourth-order valence-corrected chi connectivity index (χ4v) is 2.43. The molecular formula is C12H20N4O3. The third kappa shape index (κ3) is 2.34. The molecule has 19 heavy (non-hydrogen) atoms. The zero-order valence-electron chi connectivity index (χ0n) is 11.5. The van der Waals surface area contributed by atoms with Crippen molar-refractivity contribution in [3.8, 4) is 0 Å². The Kier molecular flexibility index (Phi) is 3.84. The molecule has 0 radical (unpaired) electrons. The van der Waals surface area contributed by atoms with Gasteiger partial charge in [-0.1, -0.05) is 13.8 Å². The summed E-state index contributed by atoms with van der Waals surface area (Å²) in [6.07, 6.45) is 1.25. The van der Waals surface area contributed by atoms with E-state index < -0.39 is 11.5 Å². The number of aromatic nitrogens is 4. The van der Waals surface area contributed by atoms with Crippen molar-refractivity contribution in [3.05, 3.63) is 5.82 Å². The summed E-state index contributed by atoms with van der Waals surface area (Å²) >= 11 is 0. The molecule has 1 aliphatic rings. The molecule has 2 rings (SSSR count). The molecule has 1 N–H and O–H groups in total. The number of ether oxygens (including phenoxy) is 1. The highest BCUT2D eigenvalue weighted by Crippen LogP contribution is 2.33. The van der Waals surface area contributed by atoms with E-state index in [9.17, 15) is 9.90 Å². The van der Waals surface area contributed by atoms with Crippen molar-refractivity contribution in [1.29, 1.82) is 0 Å². The third-order valence-electron chi connectivity index (χ3n) is 4.08. The minimum absolute atomic E-state index is 0.147. The molecule has 1 aromatic rings. The Balaban J connectivity index is 2.39. The first-order chi connectivity index (χ1) is 9.00. The molecule has 0 aromatic carbocycles. The molecule has 2 heterocycles. The smallest absolute Gasteiger partial charge is 0.331 e. The van der Waals surface area contributed by atoms with Crippen LogP contribution in [-0.4, -0.2) is 44.5 Å².